The van der Waals surface area contributed by atoms with Gasteiger partial charge in [0.1, 0.15) is 0 Å². The molecule has 0 bridgehead atoms. The van der Waals surface area contributed by atoms with E-state index in [9.17, 15) is 0 Å². The van der Waals surface area contributed by atoms with E-state index in [0.29, 0.717) is 0 Å². The van der Waals surface area contributed by atoms with Gasteiger partial charge in [-0.15, -0.1) is 0 Å². The molecule has 3 fully saturated rings. The first-order valence-electron chi connectivity index (χ1n) is 16.1. The molecule has 0 saturated heterocycles. The van der Waals surface area contributed by atoms with Crippen LogP contribution in [0.4, 0.5) is 0 Å². The zero-order valence-corrected chi connectivity index (χ0v) is 26.7. The summed E-state index contributed by atoms with van der Waals surface area (Å²) in [5.74, 6) is 16.2. The first kappa shape index (κ1) is 29.6. The van der Waals surface area contributed by atoms with Gasteiger partial charge in [-0.2, -0.15) is 0 Å². The molecule has 0 heteroatoms. The molecule has 0 aliphatic heterocycles. The van der Waals surface area contributed by atoms with E-state index < -0.39 is 0 Å². The van der Waals surface area contributed by atoms with Crippen molar-refractivity contribution in [2.45, 2.75) is 110 Å². The van der Waals surface area contributed by atoms with Gasteiger partial charge < -0.3 is 0 Å². The maximum absolute atomic E-state index is 2.76. The number of fused-ring (bicyclic) bond motifs is 1. The van der Waals surface area contributed by atoms with Crippen molar-refractivity contribution in [1.82, 2.24) is 0 Å². The van der Waals surface area contributed by atoms with E-state index in [1.165, 1.54) is 6.42 Å². The maximum atomic E-state index is 2.76. The van der Waals surface area contributed by atoms with Crippen LogP contribution in [0.5, 0.6) is 0 Å². The minimum atomic E-state index is 0.767. The molecule has 35 heavy (non-hydrogen) atoms. The third-order valence-electron chi connectivity index (χ3n) is 14.2. The van der Waals surface area contributed by atoms with Crippen LogP contribution < -0.4 is 0 Å². The van der Waals surface area contributed by atoms with Crippen LogP contribution >= 0.6 is 0 Å². The largest absolute Gasteiger partial charge is 0.0625 e. The van der Waals surface area contributed by atoms with E-state index in [1.54, 1.807) is 0 Å². The van der Waals surface area contributed by atoms with Crippen LogP contribution in [0.15, 0.2) is 0 Å². The molecule has 0 radical (unpaired) electrons. The number of rotatable bonds is 5. The minimum Gasteiger partial charge on any atom is -0.0625 e. The predicted molar refractivity (Wildman–Crippen MR) is 156 cm³/mol. The Morgan fingerprint density at radius 2 is 0.886 bits per heavy atom. The van der Waals surface area contributed by atoms with Crippen LogP contribution in [-0.4, -0.2) is 0 Å². The Hall–Kier alpha value is 0. The van der Waals surface area contributed by atoms with Gasteiger partial charge in [-0.05, 0) is 119 Å². The molecule has 3 rings (SSSR count). The SMILES string of the molecule is CC(C)C1C(C)CC2C(C)C(C)C(C)C(C)C2C1C(C)C(C(C)C)C1[C@H](C)[C@H](C)C(C)[C@@H](C)[C@H]1C. The second-order valence-electron chi connectivity index (χ2n) is 15.8. The molecule has 206 valence electrons. The maximum Gasteiger partial charge on any atom is -0.0318 e. The number of hydrogen-bond donors (Lipinski definition) is 0. The highest BCUT2D eigenvalue weighted by atomic mass is 14.6. The number of hydrogen-bond acceptors (Lipinski definition) is 0. The van der Waals surface area contributed by atoms with Gasteiger partial charge in [0.2, 0.25) is 0 Å². The average molecular weight is 487 g/mol. The van der Waals surface area contributed by atoms with Crippen molar-refractivity contribution in [3.8, 4) is 0 Å². The second-order valence-corrected chi connectivity index (χ2v) is 15.8. The smallest absolute Gasteiger partial charge is 0.0318 e. The quantitative estimate of drug-likeness (QED) is 0.362. The van der Waals surface area contributed by atoms with E-state index in [4.69, 9.17) is 0 Å². The Labute approximate surface area is 222 Å². The molecule has 11 unspecified atom stereocenters. The lowest BCUT2D eigenvalue weighted by Gasteiger charge is -2.61. The van der Waals surface area contributed by atoms with Crippen LogP contribution in [0.3, 0.4) is 0 Å². The zero-order valence-electron chi connectivity index (χ0n) is 26.7. The molecular formula is C35H66. The van der Waals surface area contributed by atoms with Crippen LogP contribution in [0.2, 0.25) is 0 Å². The lowest BCUT2D eigenvalue weighted by Crippen LogP contribution is -2.56. The van der Waals surface area contributed by atoms with E-state index >= 15 is 0 Å². The Bertz CT molecular complexity index is 660. The molecule has 0 aromatic rings. The van der Waals surface area contributed by atoms with Crippen molar-refractivity contribution in [1.29, 1.82) is 0 Å². The summed E-state index contributed by atoms with van der Waals surface area (Å²) >= 11 is 0. The van der Waals surface area contributed by atoms with E-state index in [-0.39, 0.29) is 0 Å². The van der Waals surface area contributed by atoms with Crippen molar-refractivity contribution in [3.63, 3.8) is 0 Å². The van der Waals surface area contributed by atoms with Gasteiger partial charge in [-0.3, -0.25) is 0 Å². The van der Waals surface area contributed by atoms with E-state index in [0.717, 1.165) is 112 Å². The Balaban J connectivity index is 2.09. The minimum absolute atomic E-state index is 0.767. The van der Waals surface area contributed by atoms with Gasteiger partial charge in [0.15, 0.2) is 0 Å². The van der Waals surface area contributed by atoms with Crippen molar-refractivity contribution in [2.75, 3.05) is 0 Å². The van der Waals surface area contributed by atoms with Gasteiger partial charge in [0, 0.05) is 0 Å². The van der Waals surface area contributed by atoms with Gasteiger partial charge in [0.25, 0.3) is 0 Å². The molecule has 0 aromatic carbocycles. The standard InChI is InChI=1S/C35H66/c1-17(2)31-19(5)16-30-25(11)21(7)24(10)28(14)34(30)35(31)29(15)32(18(3)4)33-26(12)22(8)20(6)23(9)27(33)13/h17-35H,16H2,1-15H3/t19?,20?,21?,22-,23-,24?,25?,26-,27-,28?,29?,30?,31?,32?,33?,34?,35?/m1/s1. The Morgan fingerprint density at radius 3 is 1.34 bits per heavy atom. The zero-order chi connectivity index (χ0) is 26.7. The van der Waals surface area contributed by atoms with Gasteiger partial charge in [0.05, 0.1) is 0 Å². The van der Waals surface area contributed by atoms with Gasteiger partial charge in [-0.1, -0.05) is 104 Å². The van der Waals surface area contributed by atoms with Gasteiger partial charge >= 0.3 is 0 Å². The highest BCUT2D eigenvalue weighted by molar-refractivity contribution is 5.04. The summed E-state index contributed by atoms with van der Waals surface area (Å²) < 4.78 is 0. The monoisotopic (exact) mass is 487 g/mol. The first-order chi connectivity index (χ1) is 16.1. The molecule has 3 aliphatic rings. The summed E-state index contributed by atoms with van der Waals surface area (Å²) in [5.41, 5.74) is 0. The molecular weight excluding hydrogens is 420 g/mol. The average Bonchev–Trinajstić information content (AvgIpc) is 2.79. The highest BCUT2D eigenvalue weighted by Crippen LogP contribution is 2.62. The summed E-state index contributed by atoms with van der Waals surface area (Å²) in [6.45, 7) is 39.1. The van der Waals surface area contributed by atoms with E-state index in [1.807, 2.05) is 0 Å². The fourth-order valence-corrected chi connectivity index (χ4v) is 11.4. The molecule has 0 nitrogen and oxygen atoms in total. The molecule has 0 amide bonds. The molecule has 0 spiro atoms. The fourth-order valence-electron chi connectivity index (χ4n) is 11.4. The molecule has 0 heterocycles. The summed E-state index contributed by atoms with van der Waals surface area (Å²) in [6, 6.07) is 0. The van der Waals surface area contributed by atoms with E-state index in [2.05, 4.69) is 104 Å². The lowest BCUT2D eigenvalue weighted by molar-refractivity contribution is -0.136. The van der Waals surface area contributed by atoms with Crippen LogP contribution in [0, 0.1) is 112 Å². The van der Waals surface area contributed by atoms with Crippen LogP contribution in [0.1, 0.15) is 110 Å². The molecule has 0 aromatic heterocycles. The Morgan fingerprint density at radius 1 is 0.457 bits per heavy atom. The summed E-state index contributed by atoms with van der Waals surface area (Å²) in [6.07, 6.45) is 1.48. The van der Waals surface area contributed by atoms with Crippen LogP contribution in [0.25, 0.3) is 0 Å². The van der Waals surface area contributed by atoms with Crippen molar-refractivity contribution in [3.05, 3.63) is 0 Å². The molecule has 15 atom stereocenters. The molecule has 3 aliphatic carbocycles. The summed E-state index contributed by atoms with van der Waals surface area (Å²) in [5, 5.41) is 0. The predicted octanol–water partition coefficient (Wildman–Crippen LogP) is 10.4. The Kier molecular flexibility index (Phi) is 9.29. The molecule has 0 N–H and O–H groups in total. The topological polar surface area (TPSA) is 0 Å². The van der Waals surface area contributed by atoms with Crippen molar-refractivity contribution >= 4 is 0 Å². The third kappa shape index (κ3) is 4.93. The lowest BCUT2D eigenvalue weighted by atomic mass is 9.43. The third-order valence-corrected chi connectivity index (χ3v) is 14.2. The van der Waals surface area contributed by atoms with Gasteiger partial charge in [-0.25, -0.2) is 0 Å². The second kappa shape index (κ2) is 11.0. The fraction of sp³-hybridized carbons (Fsp3) is 1.00. The van der Waals surface area contributed by atoms with Crippen molar-refractivity contribution < 1.29 is 0 Å². The molecule has 3 saturated carbocycles. The summed E-state index contributed by atoms with van der Waals surface area (Å²) in [4.78, 5) is 0. The summed E-state index contributed by atoms with van der Waals surface area (Å²) in [7, 11) is 0. The first-order valence-corrected chi connectivity index (χ1v) is 16.1. The van der Waals surface area contributed by atoms with Crippen LogP contribution in [-0.2, 0) is 0 Å². The van der Waals surface area contributed by atoms with Crippen molar-refractivity contribution in [2.24, 2.45) is 112 Å². The normalized spacial score (nSPS) is 52.9. The highest BCUT2D eigenvalue weighted by Gasteiger charge is 2.56.